The van der Waals surface area contributed by atoms with E-state index in [0.29, 0.717) is 6.54 Å². The van der Waals surface area contributed by atoms with E-state index in [2.05, 4.69) is 45.3 Å². The third-order valence-corrected chi connectivity index (χ3v) is 5.67. The van der Waals surface area contributed by atoms with E-state index in [1.54, 1.807) is 11.3 Å². The van der Waals surface area contributed by atoms with Gasteiger partial charge in [0.15, 0.2) is 0 Å². The van der Waals surface area contributed by atoms with Crippen LogP contribution in [0, 0.1) is 6.92 Å². The molecule has 5 nitrogen and oxygen atoms in total. The van der Waals surface area contributed by atoms with Crippen molar-refractivity contribution in [1.82, 2.24) is 10.3 Å². The molecule has 1 aliphatic rings. The van der Waals surface area contributed by atoms with Crippen molar-refractivity contribution in [3.63, 3.8) is 0 Å². The van der Waals surface area contributed by atoms with Gasteiger partial charge in [0.25, 0.3) is 0 Å². The second kappa shape index (κ2) is 7.94. The van der Waals surface area contributed by atoms with E-state index < -0.39 is 5.92 Å². The van der Waals surface area contributed by atoms with Crippen LogP contribution in [0.25, 0.3) is 11.3 Å². The maximum atomic E-state index is 12.6. The van der Waals surface area contributed by atoms with Crippen molar-refractivity contribution >= 4 is 28.8 Å². The fourth-order valence-electron chi connectivity index (χ4n) is 3.44. The maximum absolute atomic E-state index is 12.6. The molecule has 2 aromatic carbocycles. The highest BCUT2D eigenvalue weighted by Gasteiger charge is 2.30. The highest BCUT2D eigenvalue weighted by molar-refractivity contribution is 7.09. The summed E-state index contributed by atoms with van der Waals surface area (Å²) < 4.78 is 0. The Morgan fingerprint density at radius 3 is 2.75 bits per heavy atom. The number of carbonyl (C=O) groups is 2. The first-order valence-electron chi connectivity index (χ1n) is 9.28. The minimum atomic E-state index is -0.430. The molecule has 0 spiro atoms. The van der Waals surface area contributed by atoms with Crippen LogP contribution in [0.2, 0.25) is 0 Å². The Morgan fingerprint density at radius 1 is 1.21 bits per heavy atom. The molecule has 142 valence electrons. The molecular formula is C22H21N3O2S. The maximum Gasteiger partial charge on any atom is 0.228 e. The van der Waals surface area contributed by atoms with E-state index in [-0.39, 0.29) is 18.2 Å². The molecule has 4 rings (SSSR count). The lowest BCUT2D eigenvalue weighted by Gasteiger charge is -2.24. The predicted molar refractivity (Wildman–Crippen MR) is 111 cm³/mol. The second-order valence-electron chi connectivity index (χ2n) is 6.88. The summed E-state index contributed by atoms with van der Waals surface area (Å²) in [6.45, 7) is 2.54. The third-order valence-electron chi connectivity index (χ3n) is 4.90. The lowest BCUT2D eigenvalue weighted by Crippen LogP contribution is -2.35. The van der Waals surface area contributed by atoms with Gasteiger partial charge in [0.05, 0.1) is 16.6 Å². The number of anilines is 1. The van der Waals surface area contributed by atoms with Crippen LogP contribution in [0.3, 0.4) is 0 Å². The van der Waals surface area contributed by atoms with E-state index in [4.69, 9.17) is 0 Å². The molecule has 0 fully saturated rings. The predicted octanol–water partition coefficient (Wildman–Crippen LogP) is 3.90. The molecule has 0 saturated carbocycles. The normalized spacial score (nSPS) is 15.6. The molecule has 0 radical (unpaired) electrons. The Labute approximate surface area is 167 Å². The Hall–Kier alpha value is -2.99. The molecule has 6 heteroatoms. The minimum absolute atomic E-state index is 0.100. The quantitative estimate of drug-likeness (QED) is 0.693. The fraction of sp³-hybridized carbons (Fsp3) is 0.227. The van der Waals surface area contributed by atoms with Gasteiger partial charge in [-0.15, -0.1) is 11.3 Å². The molecule has 0 bridgehead atoms. The first kappa shape index (κ1) is 18.4. The number of fused-ring (bicyclic) bond motifs is 1. The van der Waals surface area contributed by atoms with E-state index in [0.717, 1.165) is 39.5 Å². The minimum Gasteiger partial charge on any atom is -0.355 e. The number of aromatic nitrogens is 1. The fourth-order valence-corrected chi connectivity index (χ4v) is 4.06. The standard InChI is InChI=1S/C22H21N3O2S/c1-14-24-20(13-28-14)16-8-6-15(7-9-16)10-11-23-22(27)18-12-21(26)25-19-5-3-2-4-17(18)19/h2-9,13,18H,10-12H2,1H3,(H,23,27)(H,25,26). The number of hydrogen-bond donors (Lipinski definition) is 2. The zero-order valence-electron chi connectivity index (χ0n) is 15.6. The number of hydrogen-bond acceptors (Lipinski definition) is 4. The van der Waals surface area contributed by atoms with Gasteiger partial charge < -0.3 is 10.6 Å². The SMILES string of the molecule is Cc1nc(-c2ccc(CCNC(=O)C3CC(=O)Nc4ccccc43)cc2)cs1. The van der Waals surface area contributed by atoms with Gasteiger partial charge in [-0.3, -0.25) is 9.59 Å². The van der Waals surface area contributed by atoms with Crippen LogP contribution in [0.4, 0.5) is 5.69 Å². The van der Waals surface area contributed by atoms with Gasteiger partial charge >= 0.3 is 0 Å². The lowest BCUT2D eigenvalue weighted by molar-refractivity contribution is -0.126. The highest BCUT2D eigenvalue weighted by Crippen LogP contribution is 2.32. The number of carbonyl (C=O) groups excluding carboxylic acids is 2. The molecule has 2 amide bonds. The molecule has 0 aliphatic carbocycles. The molecule has 1 atom stereocenters. The smallest absolute Gasteiger partial charge is 0.228 e. The number of amides is 2. The van der Waals surface area contributed by atoms with Crippen LogP contribution in [-0.4, -0.2) is 23.3 Å². The summed E-state index contributed by atoms with van der Waals surface area (Å²) in [6, 6.07) is 15.7. The molecule has 1 aromatic heterocycles. The topological polar surface area (TPSA) is 71.1 Å². The van der Waals surface area contributed by atoms with Gasteiger partial charge in [0.2, 0.25) is 11.8 Å². The van der Waals surface area contributed by atoms with Gasteiger partial charge in [-0.1, -0.05) is 42.5 Å². The van der Waals surface area contributed by atoms with Gasteiger partial charge in [-0.05, 0) is 30.5 Å². The molecule has 28 heavy (non-hydrogen) atoms. The number of rotatable bonds is 5. The van der Waals surface area contributed by atoms with Crippen LogP contribution in [-0.2, 0) is 16.0 Å². The Morgan fingerprint density at radius 2 is 2.00 bits per heavy atom. The van der Waals surface area contributed by atoms with Crippen molar-refractivity contribution in [3.8, 4) is 11.3 Å². The summed E-state index contributed by atoms with van der Waals surface area (Å²) >= 11 is 1.64. The van der Waals surface area contributed by atoms with Crippen molar-refractivity contribution in [1.29, 1.82) is 0 Å². The van der Waals surface area contributed by atoms with Crippen LogP contribution in [0.1, 0.15) is 28.5 Å². The summed E-state index contributed by atoms with van der Waals surface area (Å²) in [7, 11) is 0. The summed E-state index contributed by atoms with van der Waals surface area (Å²) in [5.74, 6) is -0.649. The number of aryl methyl sites for hydroxylation is 1. The molecule has 1 unspecified atom stereocenters. The van der Waals surface area contributed by atoms with Gasteiger partial charge in [-0.25, -0.2) is 4.98 Å². The molecule has 3 aromatic rings. The van der Waals surface area contributed by atoms with Crippen LogP contribution >= 0.6 is 11.3 Å². The van der Waals surface area contributed by atoms with E-state index in [1.807, 2.05) is 31.2 Å². The van der Waals surface area contributed by atoms with Crippen LogP contribution < -0.4 is 10.6 Å². The Balaban J connectivity index is 1.35. The van der Waals surface area contributed by atoms with E-state index >= 15 is 0 Å². The van der Waals surface area contributed by atoms with Crippen LogP contribution in [0.5, 0.6) is 0 Å². The lowest BCUT2D eigenvalue weighted by atomic mass is 9.90. The van der Waals surface area contributed by atoms with Crippen LogP contribution in [0.15, 0.2) is 53.9 Å². The average molecular weight is 391 g/mol. The molecule has 2 N–H and O–H groups in total. The molecule has 0 saturated heterocycles. The first-order chi connectivity index (χ1) is 13.6. The molecular weight excluding hydrogens is 370 g/mol. The van der Waals surface area contributed by atoms with Gasteiger partial charge in [0, 0.05) is 29.6 Å². The highest BCUT2D eigenvalue weighted by atomic mass is 32.1. The van der Waals surface area contributed by atoms with Gasteiger partial charge in [0.1, 0.15) is 0 Å². The molecule has 1 aliphatic heterocycles. The van der Waals surface area contributed by atoms with Crippen molar-refractivity contribution in [3.05, 3.63) is 70.0 Å². The summed E-state index contributed by atoms with van der Waals surface area (Å²) in [6.07, 6.45) is 0.924. The van der Waals surface area contributed by atoms with Crippen molar-refractivity contribution in [2.45, 2.75) is 25.7 Å². The number of thiazole rings is 1. The molecule has 2 heterocycles. The summed E-state index contributed by atoms with van der Waals surface area (Å²) in [4.78, 5) is 29.0. The first-order valence-corrected chi connectivity index (χ1v) is 10.2. The van der Waals surface area contributed by atoms with E-state index in [9.17, 15) is 9.59 Å². The average Bonchev–Trinajstić information content (AvgIpc) is 3.14. The number of para-hydroxylation sites is 1. The summed E-state index contributed by atoms with van der Waals surface area (Å²) in [5, 5.41) is 8.92. The van der Waals surface area contributed by atoms with Crippen molar-refractivity contribution < 1.29 is 9.59 Å². The zero-order chi connectivity index (χ0) is 19.5. The van der Waals surface area contributed by atoms with E-state index in [1.165, 1.54) is 0 Å². The third kappa shape index (κ3) is 3.97. The van der Waals surface area contributed by atoms with Crippen molar-refractivity contribution in [2.24, 2.45) is 0 Å². The largest absolute Gasteiger partial charge is 0.355 e. The van der Waals surface area contributed by atoms with Crippen molar-refractivity contribution in [2.75, 3.05) is 11.9 Å². The Kier molecular flexibility index (Phi) is 5.21. The number of benzene rings is 2. The number of nitrogens with zero attached hydrogens (tertiary/aromatic N) is 1. The number of nitrogens with one attached hydrogen (secondary N) is 2. The summed E-state index contributed by atoms with van der Waals surface area (Å²) in [5.41, 5.74) is 4.85. The zero-order valence-corrected chi connectivity index (χ0v) is 16.4. The second-order valence-corrected chi connectivity index (χ2v) is 7.94. The monoisotopic (exact) mass is 391 g/mol. The van der Waals surface area contributed by atoms with Gasteiger partial charge in [-0.2, -0.15) is 0 Å². The Bertz CT molecular complexity index is 1010.